The monoisotopic (exact) mass is 330 g/mol. The smallest absolute Gasteiger partial charge is 0.315 e. The predicted molar refractivity (Wildman–Crippen MR) is 91.5 cm³/mol. The number of benzene rings is 1. The maximum atomic E-state index is 12.2. The van der Waals surface area contributed by atoms with E-state index in [1.54, 1.807) is 7.11 Å². The molecule has 4 rings (SSSR count). The van der Waals surface area contributed by atoms with Crippen molar-refractivity contribution < 1.29 is 14.3 Å². The lowest BCUT2D eigenvalue weighted by Crippen LogP contribution is -2.47. The van der Waals surface area contributed by atoms with E-state index in [4.69, 9.17) is 9.47 Å². The van der Waals surface area contributed by atoms with Crippen LogP contribution in [-0.4, -0.2) is 37.9 Å². The van der Waals surface area contributed by atoms with Crippen molar-refractivity contribution in [1.29, 1.82) is 0 Å². The molecule has 4 atom stereocenters. The molecule has 0 spiro atoms. The van der Waals surface area contributed by atoms with Crippen molar-refractivity contribution in [1.82, 2.24) is 10.6 Å². The first-order chi connectivity index (χ1) is 11.7. The molecule has 2 saturated heterocycles. The van der Waals surface area contributed by atoms with Gasteiger partial charge in [0, 0.05) is 12.5 Å². The molecule has 5 nitrogen and oxygen atoms in total. The minimum Gasteiger partial charge on any atom is -0.497 e. The van der Waals surface area contributed by atoms with Gasteiger partial charge in [-0.15, -0.1) is 0 Å². The third-order valence-electron chi connectivity index (χ3n) is 5.72. The summed E-state index contributed by atoms with van der Waals surface area (Å²) in [5.41, 5.74) is 2.71. The molecule has 24 heavy (non-hydrogen) atoms. The van der Waals surface area contributed by atoms with E-state index in [0.717, 1.165) is 44.3 Å². The second-order valence-corrected chi connectivity index (χ2v) is 7.22. The Labute approximate surface area is 143 Å². The van der Waals surface area contributed by atoms with E-state index in [0.29, 0.717) is 18.6 Å². The Bertz CT molecular complexity index is 619. The Hall–Kier alpha value is -1.75. The van der Waals surface area contributed by atoms with Gasteiger partial charge in [-0.25, -0.2) is 4.79 Å². The molecule has 2 bridgehead atoms. The minimum absolute atomic E-state index is 0.0585. The van der Waals surface area contributed by atoms with Gasteiger partial charge in [0.15, 0.2) is 0 Å². The van der Waals surface area contributed by atoms with Crippen molar-refractivity contribution in [2.75, 3.05) is 13.7 Å². The molecule has 1 aliphatic carbocycles. The van der Waals surface area contributed by atoms with Gasteiger partial charge in [0.05, 0.1) is 25.4 Å². The zero-order chi connectivity index (χ0) is 16.5. The quantitative estimate of drug-likeness (QED) is 0.892. The van der Waals surface area contributed by atoms with Gasteiger partial charge in [-0.2, -0.15) is 0 Å². The van der Waals surface area contributed by atoms with Crippen molar-refractivity contribution >= 4 is 6.03 Å². The highest BCUT2D eigenvalue weighted by atomic mass is 16.5. The average Bonchev–Trinajstić information content (AvgIpc) is 3.22. The SMILES string of the molecule is COc1ccc2c(c1)CCC[C@H]2CNC(=O)N[C@H]1C[C@H]2CC[C@H]1O2. The fourth-order valence-electron chi connectivity index (χ4n) is 4.46. The van der Waals surface area contributed by atoms with E-state index < -0.39 is 0 Å². The van der Waals surface area contributed by atoms with E-state index in [-0.39, 0.29) is 18.2 Å². The Balaban J connectivity index is 1.32. The molecule has 2 aliphatic heterocycles. The highest BCUT2D eigenvalue weighted by Gasteiger charge is 2.41. The van der Waals surface area contributed by atoms with Gasteiger partial charge < -0.3 is 20.1 Å². The van der Waals surface area contributed by atoms with Gasteiger partial charge >= 0.3 is 6.03 Å². The molecule has 0 saturated carbocycles. The number of amides is 2. The maximum Gasteiger partial charge on any atom is 0.315 e. The number of nitrogens with one attached hydrogen (secondary N) is 2. The van der Waals surface area contributed by atoms with Crippen LogP contribution in [0.15, 0.2) is 18.2 Å². The molecule has 2 heterocycles. The highest BCUT2D eigenvalue weighted by Crippen LogP contribution is 2.35. The molecule has 130 valence electrons. The molecule has 0 aromatic heterocycles. The summed E-state index contributed by atoms with van der Waals surface area (Å²) < 4.78 is 11.1. The van der Waals surface area contributed by atoms with E-state index in [1.807, 2.05) is 6.07 Å². The van der Waals surface area contributed by atoms with Gasteiger partial charge in [-0.05, 0) is 61.8 Å². The average molecular weight is 330 g/mol. The zero-order valence-corrected chi connectivity index (χ0v) is 14.2. The number of hydrogen-bond acceptors (Lipinski definition) is 3. The van der Waals surface area contributed by atoms with E-state index >= 15 is 0 Å². The molecule has 2 amide bonds. The lowest BCUT2D eigenvalue weighted by atomic mass is 9.82. The summed E-state index contributed by atoms with van der Waals surface area (Å²) in [7, 11) is 1.70. The number of ether oxygens (including phenoxy) is 2. The summed E-state index contributed by atoms with van der Waals surface area (Å²) in [6, 6.07) is 6.43. The Morgan fingerprint density at radius 3 is 3.00 bits per heavy atom. The fraction of sp³-hybridized carbons (Fsp3) is 0.632. The molecule has 5 heteroatoms. The number of aryl methyl sites for hydroxylation is 1. The van der Waals surface area contributed by atoms with E-state index in [2.05, 4.69) is 22.8 Å². The van der Waals surface area contributed by atoms with Crippen LogP contribution in [0.3, 0.4) is 0 Å². The highest BCUT2D eigenvalue weighted by molar-refractivity contribution is 5.74. The Morgan fingerprint density at radius 2 is 2.25 bits per heavy atom. The van der Waals surface area contributed by atoms with Crippen molar-refractivity contribution in [3.63, 3.8) is 0 Å². The van der Waals surface area contributed by atoms with Crippen molar-refractivity contribution in [3.05, 3.63) is 29.3 Å². The first-order valence-electron chi connectivity index (χ1n) is 9.09. The Kier molecular flexibility index (Phi) is 4.35. The van der Waals surface area contributed by atoms with Crippen LogP contribution < -0.4 is 15.4 Å². The normalized spacial score (nSPS) is 30.7. The van der Waals surface area contributed by atoms with Crippen LogP contribution in [0.5, 0.6) is 5.75 Å². The summed E-state index contributed by atoms with van der Waals surface area (Å²) in [5.74, 6) is 1.30. The number of rotatable bonds is 4. The lowest BCUT2D eigenvalue weighted by Gasteiger charge is -2.27. The second kappa shape index (κ2) is 6.63. The van der Waals surface area contributed by atoms with Crippen LogP contribution in [0.2, 0.25) is 0 Å². The molecule has 1 aromatic rings. The molecule has 2 N–H and O–H groups in total. The minimum atomic E-state index is -0.0585. The van der Waals surface area contributed by atoms with Crippen molar-refractivity contribution in [2.45, 2.75) is 62.7 Å². The molecule has 1 aromatic carbocycles. The molecule has 2 fully saturated rings. The number of urea groups is 1. The summed E-state index contributed by atoms with van der Waals surface area (Å²) >= 11 is 0. The van der Waals surface area contributed by atoms with Crippen LogP contribution in [-0.2, 0) is 11.2 Å². The molecule has 0 radical (unpaired) electrons. The topological polar surface area (TPSA) is 59.6 Å². The molecule has 3 aliphatic rings. The van der Waals surface area contributed by atoms with Crippen molar-refractivity contribution in [2.24, 2.45) is 0 Å². The van der Waals surface area contributed by atoms with Crippen molar-refractivity contribution in [3.8, 4) is 5.75 Å². The lowest BCUT2D eigenvalue weighted by molar-refractivity contribution is 0.0981. The van der Waals surface area contributed by atoms with Crippen LogP contribution in [0, 0.1) is 0 Å². The van der Waals surface area contributed by atoms with Crippen LogP contribution in [0.25, 0.3) is 0 Å². The summed E-state index contributed by atoms with van der Waals surface area (Å²) in [6.07, 6.45) is 7.15. The third kappa shape index (κ3) is 3.09. The first-order valence-corrected chi connectivity index (χ1v) is 9.09. The van der Waals surface area contributed by atoms with Crippen LogP contribution in [0.1, 0.15) is 49.1 Å². The molecular weight excluding hydrogens is 304 g/mol. The number of fused-ring (bicyclic) bond motifs is 3. The second-order valence-electron chi connectivity index (χ2n) is 7.22. The van der Waals surface area contributed by atoms with Crippen LogP contribution >= 0.6 is 0 Å². The third-order valence-corrected chi connectivity index (χ3v) is 5.72. The van der Waals surface area contributed by atoms with Gasteiger partial charge in [-0.3, -0.25) is 0 Å². The van der Waals surface area contributed by atoms with Gasteiger partial charge in [0.2, 0.25) is 0 Å². The van der Waals surface area contributed by atoms with E-state index in [1.165, 1.54) is 11.1 Å². The number of carbonyl (C=O) groups is 1. The number of hydrogen-bond donors (Lipinski definition) is 2. The largest absolute Gasteiger partial charge is 0.497 e. The number of methoxy groups -OCH3 is 1. The van der Waals surface area contributed by atoms with Crippen LogP contribution in [0.4, 0.5) is 4.79 Å². The maximum absolute atomic E-state index is 12.2. The predicted octanol–water partition coefficient (Wildman–Crippen LogP) is 2.73. The molecule has 0 unspecified atom stereocenters. The summed E-state index contributed by atoms with van der Waals surface area (Å²) in [5, 5.41) is 6.17. The first kappa shape index (κ1) is 15.8. The van der Waals surface area contributed by atoms with Gasteiger partial charge in [0.1, 0.15) is 5.75 Å². The molecular formula is C19H26N2O3. The summed E-state index contributed by atoms with van der Waals surface area (Å²) in [6.45, 7) is 0.687. The fourth-order valence-corrected chi connectivity index (χ4v) is 4.46. The number of carbonyl (C=O) groups excluding carboxylic acids is 1. The summed E-state index contributed by atoms with van der Waals surface area (Å²) in [4.78, 5) is 12.2. The zero-order valence-electron chi connectivity index (χ0n) is 14.2. The van der Waals surface area contributed by atoms with Gasteiger partial charge in [0.25, 0.3) is 0 Å². The van der Waals surface area contributed by atoms with E-state index in [9.17, 15) is 4.79 Å². The van der Waals surface area contributed by atoms with Gasteiger partial charge in [-0.1, -0.05) is 6.07 Å². The standard InChI is InChI=1S/C19H26N2O3/c1-23-14-5-7-16-12(9-14)3-2-4-13(16)11-20-19(22)21-17-10-15-6-8-18(17)24-15/h5,7,9,13,15,17-18H,2-4,6,8,10-11H2,1H3,(H2,20,21,22)/t13-,15+,17-,18+/m0/s1. The Morgan fingerprint density at radius 1 is 1.33 bits per heavy atom.